The van der Waals surface area contributed by atoms with E-state index in [1.807, 2.05) is 0 Å². The Morgan fingerprint density at radius 3 is 3.08 bits per heavy atom. The smallest absolute Gasteiger partial charge is 0.141 e. The van der Waals surface area contributed by atoms with E-state index in [1.54, 1.807) is 0 Å². The van der Waals surface area contributed by atoms with Crippen molar-refractivity contribution >= 4 is 0 Å². The number of aryl methyl sites for hydroxylation is 1. The maximum atomic E-state index is 9.69. The third-order valence-electron chi connectivity index (χ3n) is 1.48. The number of aromatic nitrogens is 1. The van der Waals surface area contributed by atoms with Gasteiger partial charge in [0.05, 0.1) is 15.0 Å². The summed E-state index contributed by atoms with van der Waals surface area (Å²) < 4.78 is 35.6. The average molecular weight is 173 g/mol. The summed E-state index contributed by atoms with van der Waals surface area (Å²) in [4.78, 5) is 3.46. The molecule has 0 aromatic carbocycles. The Hall–Kier alpha value is -1.13. The van der Waals surface area contributed by atoms with Gasteiger partial charge in [0.2, 0.25) is 0 Å². The van der Waals surface area contributed by atoms with Crippen molar-refractivity contribution in [3.8, 4) is 5.75 Å². The molecule has 0 aliphatic heterocycles. The van der Waals surface area contributed by atoms with Crippen LogP contribution in [-0.2, 0) is 13.1 Å². The van der Waals surface area contributed by atoms with Gasteiger partial charge in [-0.25, -0.2) is 0 Å². The second-order valence-electron chi connectivity index (χ2n) is 2.16. The predicted octanol–water partition coefficient (Wildman–Crippen LogP) is 0.0466. The molecular weight excluding hydrogens is 156 g/mol. The van der Waals surface area contributed by atoms with E-state index in [-0.39, 0.29) is 17.7 Å². The molecule has 1 aromatic rings. The molecule has 0 radical (unpaired) electrons. The van der Waals surface area contributed by atoms with Crippen LogP contribution >= 0.6 is 0 Å². The SMILES string of the molecule is [2H]C([2H])([2H])c1ncc(C([2H])([2H])O)c(CN)c1O. The normalized spacial score (nSPS) is 18.7. The summed E-state index contributed by atoms with van der Waals surface area (Å²) in [5, 5.41) is 18.9. The van der Waals surface area contributed by atoms with Crippen molar-refractivity contribution in [1.82, 2.24) is 4.98 Å². The zero-order valence-electron chi connectivity index (χ0n) is 11.2. The standard InChI is InChI=1S/C8H12N2O2/c1-5-8(12)7(2-9)6(4-11)3-10-5/h3,11-12H,2,4,9H2,1H3/i1D3,4D2. The Morgan fingerprint density at radius 2 is 2.58 bits per heavy atom. The van der Waals surface area contributed by atoms with Crippen molar-refractivity contribution in [3.63, 3.8) is 0 Å². The van der Waals surface area contributed by atoms with Gasteiger partial charge in [0, 0.05) is 28.0 Å². The number of aromatic hydroxyl groups is 1. The molecule has 4 heteroatoms. The summed E-state index contributed by atoms with van der Waals surface area (Å²) in [7, 11) is 0. The van der Waals surface area contributed by atoms with Gasteiger partial charge in [-0.1, -0.05) is 0 Å². The molecule has 0 saturated carbocycles. The van der Waals surface area contributed by atoms with Gasteiger partial charge in [-0.3, -0.25) is 4.98 Å². The van der Waals surface area contributed by atoms with E-state index in [9.17, 15) is 10.2 Å². The van der Waals surface area contributed by atoms with Crippen LogP contribution in [0.2, 0.25) is 0 Å². The third-order valence-corrected chi connectivity index (χ3v) is 1.48. The van der Waals surface area contributed by atoms with Gasteiger partial charge in [0.15, 0.2) is 0 Å². The van der Waals surface area contributed by atoms with Crippen molar-refractivity contribution in [2.24, 2.45) is 5.73 Å². The van der Waals surface area contributed by atoms with Crippen LogP contribution in [0.5, 0.6) is 5.75 Å². The van der Waals surface area contributed by atoms with E-state index in [4.69, 9.17) is 12.6 Å². The number of hydrogen-bond acceptors (Lipinski definition) is 4. The van der Waals surface area contributed by atoms with Crippen LogP contribution in [-0.4, -0.2) is 15.2 Å². The van der Waals surface area contributed by atoms with Crippen molar-refractivity contribution in [2.45, 2.75) is 20.0 Å². The van der Waals surface area contributed by atoms with Crippen LogP contribution in [0.4, 0.5) is 0 Å². The lowest BCUT2D eigenvalue weighted by molar-refractivity contribution is 0.279. The molecular formula is C8H12N2O2. The molecule has 12 heavy (non-hydrogen) atoms. The van der Waals surface area contributed by atoms with Crippen LogP contribution < -0.4 is 5.73 Å². The minimum absolute atomic E-state index is 0.168. The summed E-state index contributed by atoms with van der Waals surface area (Å²) >= 11 is 0. The van der Waals surface area contributed by atoms with Gasteiger partial charge < -0.3 is 15.9 Å². The van der Waals surface area contributed by atoms with E-state index in [0.717, 1.165) is 6.20 Å². The Morgan fingerprint density at radius 1 is 1.83 bits per heavy atom. The molecule has 0 fully saturated rings. The summed E-state index contributed by atoms with van der Waals surface area (Å²) in [6, 6.07) is 0. The minimum atomic E-state index is -2.74. The highest BCUT2D eigenvalue weighted by Gasteiger charge is 2.08. The van der Waals surface area contributed by atoms with Crippen LogP contribution in [0.25, 0.3) is 0 Å². The lowest BCUT2D eigenvalue weighted by atomic mass is 10.1. The summed E-state index contributed by atoms with van der Waals surface area (Å²) in [5.41, 5.74) is 4.24. The first-order valence-electron chi connectivity index (χ1n) is 5.73. The molecule has 0 aliphatic carbocycles. The highest BCUT2D eigenvalue weighted by molar-refractivity contribution is 5.40. The minimum Gasteiger partial charge on any atom is -0.506 e. The third kappa shape index (κ3) is 1.39. The van der Waals surface area contributed by atoms with Gasteiger partial charge in [-0.15, -0.1) is 0 Å². The predicted molar refractivity (Wildman–Crippen MR) is 44.5 cm³/mol. The molecule has 0 saturated heterocycles. The van der Waals surface area contributed by atoms with Crippen LogP contribution in [0, 0.1) is 6.85 Å². The molecule has 4 N–H and O–H groups in total. The topological polar surface area (TPSA) is 79.4 Å². The summed E-state index contributed by atoms with van der Waals surface area (Å²) in [5.74, 6) is -0.706. The van der Waals surface area contributed by atoms with Crippen molar-refractivity contribution < 1.29 is 17.1 Å². The Labute approximate surface area is 77.7 Å². The number of aliphatic hydroxyl groups is 1. The molecule has 66 valence electrons. The van der Waals surface area contributed by atoms with Gasteiger partial charge in [0.25, 0.3) is 0 Å². The fraction of sp³-hybridized carbons (Fsp3) is 0.375. The highest BCUT2D eigenvalue weighted by Crippen LogP contribution is 2.22. The molecule has 1 heterocycles. The largest absolute Gasteiger partial charge is 0.506 e. The molecule has 0 spiro atoms. The first-order valence-corrected chi connectivity index (χ1v) is 3.23. The monoisotopic (exact) mass is 173 g/mol. The first-order chi connectivity index (χ1) is 7.59. The number of rotatable bonds is 2. The second-order valence-corrected chi connectivity index (χ2v) is 2.16. The summed E-state index contributed by atoms with van der Waals surface area (Å²) in [6.45, 7) is -5.69. The zero-order chi connectivity index (χ0) is 13.4. The number of nitrogens with two attached hydrogens (primary N) is 1. The second kappa shape index (κ2) is 3.51. The lowest BCUT2D eigenvalue weighted by Gasteiger charge is -2.08. The summed E-state index contributed by atoms with van der Waals surface area (Å²) in [6.07, 6.45) is 0.865. The fourth-order valence-corrected chi connectivity index (χ4v) is 0.842. The number of hydrogen-bond donors (Lipinski definition) is 3. The number of pyridine rings is 1. The van der Waals surface area contributed by atoms with Crippen LogP contribution in [0.1, 0.15) is 23.7 Å². The molecule has 0 unspecified atom stereocenters. The van der Waals surface area contributed by atoms with Crippen molar-refractivity contribution in [1.29, 1.82) is 0 Å². The fourth-order valence-electron chi connectivity index (χ4n) is 0.842. The molecule has 1 rings (SSSR count). The highest BCUT2D eigenvalue weighted by atomic mass is 16.3. The van der Waals surface area contributed by atoms with Gasteiger partial charge in [-0.05, 0) is 6.85 Å². The number of nitrogens with zero attached hydrogens (tertiary/aromatic N) is 1. The van der Waals surface area contributed by atoms with Crippen molar-refractivity contribution in [2.75, 3.05) is 0 Å². The van der Waals surface area contributed by atoms with Crippen LogP contribution in [0.3, 0.4) is 0 Å². The molecule has 0 atom stereocenters. The molecule has 0 amide bonds. The van der Waals surface area contributed by atoms with E-state index in [1.165, 1.54) is 0 Å². The Kier molecular flexibility index (Phi) is 1.23. The van der Waals surface area contributed by atoms with Gasteiger partial charge in [-0.2, -0.15) is 0 Å². The van der Waals surface area contributed by atoms with Crippen molar-refractivity contribution in [3.05, 3.63) is 23.0 Å². The maximum Gasteiger partial charge on any atom is 0.141 e. The molecule has 4 nitrogen and oxygen atoms in total. The van der Waals surface area contributed by atoms with Gasteiger partial charge in [0.1, 0.15) is 5.75 Å². The van der Waals surface area contributed by atoms with Crippen LogP contribution in [0.15, 0.2) is 6.20 Å². The molecule has 0 bridgehead atoms. The Bertz CT molecular complexity index is 427. The zero-order valence-corrected chi connectivity index (χ0v) is 6.20. The van der Waals surface area contributed by atoms with Gasteiger partial charge >= 0.3 is 0 Å². The molecule has 0 aliphatic rings. The maximum absolute atomic E-state index is 9.69. The Balaban J connectivity index is 3.49. The quantitative estimate of drug-likeness (QED) is 0.590. The lowest BCUT2D eigenvalue weighted by Crippen LogP contribution is -2.04. The van der Waals surface area contributed by atoms with E-state index < -0.39 is 24.9 Å². The van der Waals surface area contributed by atoms with E-state index in [0.29, 0.717) is 0 Å². The average Bonchev–Trinajstić information content (AvgIpc) is 2.13. The van der Waals surface area contributed by atoms with E-state index in [2.05, 4.69) is 4.98 Å². The molecule has 1 aromatic heterocycles. The van der Waals surface area contributed by atoms with E-state index >= 15 is 0 Å². The first kappa shape index (κ1) is 4.20.